The molecule has 3 aliphatic carbocycles. The van der Waals surface area contributed by atoms with Crippen LogP contribution in [-0.4, -0.2) is 39.5 Å². The number of hydrogen-bond donors (Lipinski definition) is 4. The Morgan fingerprint density at radius 2 is 1.46 bits per heavy atom. The average molecular weight is 533 g/mol. The van der Waals surface area contributed by atoms with Gasteiger partial charge < -0.3 is 20.8 Å². The molecule has 1 fully saturated rings. The van der Waals surface area contributed by atoms with Crippen LogP contribution in [0.5, 0.6) is 0 Å². The normalized spacial score (nSPS) is 26.0. The zero-order valence-electron chi connectivity index (χ0n) is 23.1. The smallest absolute Gasteiger partial charge is 0.308 e. The van der Waals surface area contributed by atoms with Gasteiger partial charge in [-0.3, -0.25) is 19.2 Å². The van der Waals surface area contributed by atoms with Gasteiger partial charge in [-0.2, -0.15) is 0 Å². The molecular weight excluding hydrogens is 496 g/mol. The van der Waals surface area contributed by atoms with Gasteiger partial charge in [0.25, 0.3) is 0 Å². The van der Waals surface area contributed by atoms with Crippen molar-refractivity contribution in [1.82, 2.24) is 5.32 Å². The maximum absolute atomic E-state index is 13.3. The second-order valence-corrected chi connectivity index (χ2v) is 12.2. The van der Waals surface area contributed by atoms with Gasteiger partial charge in [-0.1, -0.05) is 39.3 Å². The molecule has 0 spiro atoms. The predicted octanol–water partition coefficient (Wildman–Crippen LogP) is 4.57. The van der Waals surface area contributed by atoms with Crippen molar-refractivity contribution < 1.29 is 29.4 Å². The number of anilines is 1. The topological polar surface area (TPSA) is 133 Å². The monoisotopic (exact) mass is 532 g/mol. The second kappa shape index (κ2) is 9.21. The van der Waals surface area contributed by atoms with Crippen molar-refractivity contribution >= 4 is 29.4 Å². The fourth-order valence-electron chi connectivity index (χ4n) is 6.63. The molecule has 8 heteroatoms. The molecule has 2 aromatic carbocycles. The van der Waals surface area contributed by atoms with Crippen molar-refractivity contribution in [1.29, 1.82) is 0 Å². The van der Waals surface area contributed by atoms with Crippen LogP contribution >= 0.6 is 0 Å². The zero-order valence-corrected chi connectivity index (χ0v) is 23.1. The Balaban J connectivity index is 1.34. The Kier molecular flexibility index (Phi) is 6.35. The van der Waals surface area contributed by atoms with Gasteiger partial charge in [0.05, 0.1) is 23.7 Å². The van der Waals surface area contributed by atoms with Crippen LogP contribution in [0.3, 0.4) is 0 Å². The maximum Gasteiger partial charge on any atom is 0.308 e. The first kappa shape index (κ1) is 26.9. The number of carboxylic acids is 2. The summed E-state index contributed by atoms with van der Waals surface area (Å²) >= 11 is 0. The van der Waals surface area contributed by atoms with E-state index in [1.165, 1.54) is 22.3 Å². The van der Waals surface area contributed by atoms with Crippen molar-refractivity contribution in [3.05, 3.63) is 52.6 Å². The van der Waals surface area contributed by atoms with Crippen LogP contribution in [0.4, 0.5) is 5.69 Å². The van der Waals surface area contributed by atoms with E-state index in [4.69, 9.17) is 0 Å². The molecule has 0 bridgehead atoms. The fraction of sp³-hybridized carbons (Fsp3) is 0.484. The van der Waals surface area contributed by atoms with Gasteiger partial charge in [-0.05, 0) is 84.7 Å². The lowest BCUT2D eigenvalue weighted by Gasteiger charge is -2.46. The molecule has 206 valence electrons. The predicted molar refractivity (Wildman–Crippen MR) is 146 cm³/mol. The molecule has 0 heterocycles. The molecule has 39 heavy (non-hydrogen) atoms. The fourth-order valence-corrected chi connectivity index (χ4v) is 6.63. The number of rotatable bonds is 9. The van der Waals surface area contributed by atoms with Gasteiger partial charge in [0.15, 0.2) is 0 Å². The highest BCUT2D eigenvalue weighted by Gasteiger charge is 2.64. The summed E-state index contributed by atoms with van der Waals surface area (Å²) in [7, 11) is 0. The third-order valence-electron chi connectivity index (χ3n) is 9.23. The van der Waals surface area contributed by atoms with Crippen molar-refractivity contribution in [3.63, 3.8) is 0 Å². The van der Waals surface area contributed by atoms with Gasteiger partial charge in [0.2, 0.25) is 11.8 Å². The van der Waals surface area contributed by atoms with E-state index in [9.17, 15) is 29.4 Å². The molecular formula is C31H36N2O6. The van der Waals surface area contributed by atoms with E-state index in [1.807, 2.05) is 19.1 Å². The van der Waals surface area contributed by atoms with Gasteiger partial charge in [0.1, 0.15) is 0 Å². The average Bonchev–Trinajstić information content (AvgIpc) is 3.21. The SMILES string of the molecule is CCCC1(C)c2cc3c(cc21)-c1ccc(NC(=O)C2C(C(=O)O)C(C(=O)NC(C)(C)CC)C2C(=O)O)cc1C3. The molecule has 0 aromatic heterocycles. The molecule has 3 atom stereocenters. The maximum atomic E-state index is 13.3. The lowest BCUT2D eigenvalue weighted by atomic mass is 9.55. The highest BCUT2D eigenvalue weighted by atomic mass is 16.4. The lowest BCUT2D eigenvalue weighted by molar-refractivity contribution is -0.180. The first-order valence-electron chi connectivity index (χ1n) is 13.7. The van der Waals surface area contributed by atoms with E-state index in [0.717, 1.165) is 30.4 Å². The third-order valence-corrected chi connectivity index (χ3v) is 9.23. The van der Waals surface area contributed by atoms with Gasteiger partial charge in [-0.15, -0.1) is 0 Å². The minimum atomic E-state index is -1.43. The van der Waals surface area contributed by atoms with Gasteiger partial charge in [0, 0.05) is 16.6 Å². The van der Waals surface area contributed by atoms with Crippen LogP contribution in [0.25, 0.3) is 11.1 Å². The number of fused-ring (bicyclic) bond motifs is 4. The molecule has 2 amide bonds. The molecule has 2 aromatic rings. The van der Waals surface area contributed by atoms with Gasteiger partial charge >= 0.3 is 11.9 Å². The standard InChI is InChI=1S/C31H36N2O6/c1-6-10-31(5)20-13-16-11-15-12-17(8-9-18(15)19(16)14-21(20)31)32-26(34)22-24(28(36)37)23(25(22)29(38)39)27(35)33-30(3,4)7-2/h8-9,12-14,22-25H,6-7,10-11H2,1-5H3,(H,32,34)(H,33,35)(H,36,37)(H,38,39). The van der Waals surface area contributed by atoms with E-state index >= 15 is 0 Å². The molecule has 1 saturated carbocycles. The van der Waals surface area contributed by atoms with Crippen molar-refractivity contribution in [2.75, 3.05) is 5.32 Å². The first-order chi connectivity index (χ1) is 18.3. The summed E-state index contributed by atoms with van der Waals surface area (Å²) < 4.78 is 0. The van der Waals surface area contributed by atoms with Crippen LogP contribution in [0, 0.1) is 23.7 Å². The summed E-state index contributed by atoms with van der Waals surface area (Å²) in [6, 6.07) is 10.2. The zero-order chi connectivity index (χ0) is 28.4. The second-order valence-electron chi connectivity index (χ2n) is 12.2. The molecule has 4 N–H and O–H groups in total. The Labute approximate surface area is 228 Å². The summed E-state index contributed by atoms with van der Waals surface area (Å²) in [6.45, 7) is 9.91. The number of carbonyl (C=O) groups is 4. The molecule has 0 radical (unpaired) electrons. The van der Waals surface area contributed by atoms with E-state index in [0.29, 0.717) is 12.1 Å². The Morgan fingerprint density at radius 1 is 0.872 bits per heavy atom. The summed E-state index contributed by atoms with van der Waals surface area (Å²) in [5.74, 6) is -9.62. The van der Waals surface area contributed by atoms with E-state index in [1.54, 1.807) is 19.9 Å². The van der Waals surface area contributed by atoms with Gasteiger partial charge in [-0.25, -0.2) is 0 Å². The Hall–Kier alpha value is -3.68. The molecule has 5 rings (SSSR count). The Morgan fingerprint density at radius 3 is 2.05 bits per heavy atom. The third kappa shape index (κ3) is 4.30. The van der Waals surface area contributed by atoms with Crippen LogP contribution < -0.4 is 10.6 Å². The van der Waals surface area contributed by atoms with Crippen LogP contribution in [-0.2, 0) is 31.0 Å². The lowest BCUT2D eigenvalue weighted by Crippen LogP contribution is -2.64. The van der Waals surface area contributed by atoms with Crippen LogP contribution in [0.1, 0.15) is 76.1 Å². The van der Waals surface area contributed by atoms with Crippen molar-refractivity contribution in [2.45, 2.75) is 71.3 Å². The largest absolute Gasteiger partial charge is 0.481 e. The minimum absolute atomic E-state index is 0.179. The van der Waals surface area contributed by atoms with E-state index < -0.39 is 53.0 Å². The van der Waals surface area contributed by atoms with Crippen molar-refractivity contribution in [2.24, 2.45) is 23.7 Å². The quantitative estimate of drug-likeness (QED) is 0.319. The van der Waals surface area contributed by atoms with Crippen molar-refractivity contribution in [3.8, 4) is 11.1 Å². The molecule has 0 saturated heterocycles. The minimum Gasteiger partial charge on any atom is -0.481 e. The van der Waals surface area contributed by atoms with E-state index in [-0.39, 0.29) is 5.41 Å². The number of nitrogens with one attached hydrogen (secondary N) is 2. The van der Waals surface area contributed by atoms with Crippen LogP contribution in [0.15, 0.2) is 30.3 Å². The number of aliphatic carboxylic acids is 2. The first-order valence-corrected chi connectivity index (χ1v) is 13.7. The molecule has 8 nitrogen and oxygen atoms in total. The summed E-state index contributed by atoms with van der Waals surface area (Å²) in [4.78, 5) is 50.4. The molecule has 0 aliphatic heterocycles. The molecule has 3 aliphatic rings. The van der Waals surface area contributed by atoms with Crippen LogP contribution in [0.2, 0.25) is 0 Å². The molecule has 3 unspecified atom stereocenters. The number of benzene rings is 2. The number of amides is 2. The summed E-state index contributed by atoms with van der Waals surface area (Å²) in [5.41, 5.74) is 7.48. The highest BCUT2D eigenvalue weighted by molar-refractivity contribution is 6.04. The van der Waals surface area contributed by atoms with E-state index in [2.05, 4.69) is 36.6 Å². The number of carbonyl (C=O) groups excluding carboxylic acids is 2. The summed E-state index contributed by atoms with van der Waals surface area (Å²) in [6.07, 6.45) is 3.58. The summed E-state index contributed by atoms with van der Waals surface area (Å²) in [5, 5.41) is 25.2. The highest BCUT2D eigenvalue weighted by Crippen LogP contribution is 2.56. The number of hydrogen-bond acceptors (Lipinski definition) is 4. The Bertz CT molecular complexity index is 1390. The number of carboxylic acid groups (broad SMARTS) is 2.